The first-order chi connectivity index (χ1) is 13.1. The van der Waals surface area contributed by atoms with Crippen LogP contribution in [0.5, 0.6) is 5.75 Å². The average Bonchev–Trinajstić information content (AvgIpc) is 2.68. The van der Waals surface area contributed by atoms with Crippen LogP contribution in [0.1, 0.15) is 60.0 Å². The van der Waals surface area contributed by atoms with E-state index >= 15 is 0 Å². The Labute approximate surface area is 161 Å². The predicted molar refractivity (Wildman–Crippen MR) is 110 cm³/mol. The SMILES string of the molecule is Cc1ccc(C(=O)Oc2ccc3cc(C4CCC(C)CC4)ccc3c2)cc1. The van der Waals surface area contributed by atoms with Gasteiger partial charge in [0.2, 0.25) is 0 Å². The Morgan fingerprint density at radius 1 is 0.852 bits per heavy atom. The predicted octanol–water partition coefficient (Wildman–Crippen LogP) is 6.66. The highest BCUT2D eigenvalue weighted by molar-refractivity contribution is 5.92. The van der Waals surface area contributed by atoms with E-state index in [-0.39, 0.29) is 5.97 Å². The van der Waals surface area contributed by atoms with Crippen LogP contribution in [0.15, 0.2) is 60.7 Å². The normalized spacial score (nSPS) is 19.8. The van der Waals surface area contributed by atoms with Crippen LogP contribution in [-0.4, -0.2) is 5.97 Å². The fourth-order valence-electron chi connectivity index (χ4n) is 4.01. The van der Waals surface area contributed by atoms with Crippen LogP contribution in [0.25, 0.3) is 10.8 Å². The van der Waals surface area contributed by atoms with E-state index in [1.165, 1.54) is 36.6 Å². The minimum Gasteiger partial charge on any atom is -0.423 e. The molecule has 0 N–H and O–H groups in total. The molecule has 1 saturated carbocycles. The van der Waals surface area contributed by atoms with Crippen molar-refractivity contribution in [2.24, 2.45) is 5.92 Å². The molecule has 1 fully saturated rings. The van der Waals surface area contributed by atoms with E-state index in [0.29, 0.717) is 17.2 Å². The van der Waals surface area contributed by atoms with E-state index < -0.39 is 0 Å². The number of aryl methyl sites for hydroxylation is 1. The van der Waals surface area contributed by atoms with Gasteiger partial charge in [-0.05, 0) is 72.2 Å². The number of benzene rings is 3. The lowest BCUT2D eigenvalue weighted by molar-refractivity contribution is 0.0735. The van der Waals surface area contributed by atoms with Gasteiger partial charge in [0, 0.05) is 0 Å². The van der Waals surface area contributed by atoms with Gasteiger partial charge in [-0.25, -0.2) is 4.79 Å². The van der Waals surface area contributed by atoms with E-state index in [4.69, 9.17) is 4.74 Å². The highest BCUT2D eigenvalue weighted by atomic mass is 16.5. The Morgan fingerprint density at radius 2 is 1.52 bits per heavy atom. The van der Waals surface area contributed by atoms with Gasteiger partial charge in [0.15, 0.2) is 0 Å². The van der Waals surface area contributed by atoms with E-state index in [0.717, 1.165) is 16.9 Å². The maximum Gasteiger partial charge on any atom is 0.343 e. The number of rotatable bonds is 3. The summed E-state index contributed by atoms with van der Waals surface area (Å²) in [5, 5.41) is 2.32. The third-order valence-electron chi connectivity index (χ3n) is 5.82. The van der Waals surface area contributed by atoms with Crippen molar-refractivity contribution in [3.63, 3.8) is 0 Å². The molecule has 2 nitrogen and oxygen atoms in total. The van der Waals surface area contributed by atoms with E-state index in [9.17, 15) is 4.79 Å². The van der Waals surface area contributed by atoms with E-state index in [1.54, 1.807) is 12.1 Å². The third-order valence-corrected chi connectivity index (χ3v) is 5.82. The van der Waals surface area contributed by atoms with E-state index in [2.05, 4.69) is 31.2 Å². The molecule has 0 unspecified atom stereocenters. The zero-order chi connectivity index (χ0) is 18.8. The zero-order valence-corrected chi connectivity index (χ0v) is 16.1. The lowest BCUT2D eigenvalue weighted by Gasteiger charge is -2.26. The van der Waals surface area contributed by atoms with Crippen LogP contribution < -0.4 is 4.74 Å². The second-order valence-electron chi connectivity index (χ2n) is 7.98. The van der Waals surface area contributed by atoms with Gasteiger partial charge < -0.3 is 4.74 Å². The van der Waals surface area contributed by atoms with Gasteiger partial charge in [0.1, 0.15) is 5.75 Å². The summed E-state index contributed by atoms with van der Waals surface area (Å²) in [6.07, 6.45) is 5.24. The van der Waals surface area contributed by atoms with Crippen molar-refractivity contribution in [2.45, 2.75) is 45.4 Å². The van der Waals surface area contributed by atoms with Crippen LogP contribution in [-0.2, 0) is 0 Å². The molecule has 0 bridgehead atoms. The Bertz CT molecular complexity index is 948. The summed E-state index contributed by atoms with van der Waals surface area (Å²) in [4.78, 5) is 12.3. The molecule has 27 heavy (non-hydrogen) atoms. The van der Waals surface area contributed by atoms with Gasteiger partial charge in [0.05, 0.1) is 5.56 Å². The maximum atomic E-state index is 12.3. The molecule has 2 heteroatoms. The summed E-state index contributed by atoms with van der Waals surface area (Å²) in [5.74, 6) is 1.83. The number of hydrogen-bond donors (Lipinski definition) is 0. The number of carbonyl (C=O) groups is 1. The summed E-state index contributed by atoms with van der Waals surface area (Å²) in [5.41, 5.74) is 3.14. The first kappa shape index (κ1) is 17.8. The number of esters is 1. The van der Waals surface area contributed by atoms with Gasteiger partial charge in [-0.15, -0.1) is 0 Å². The molecule has 0 atom stereocenters. The average molecular weight is 358 g/mol. The molecule has 4 rings (SSSR count). The van der Waals surface area contributed by atoms with Gasteiger partial charge in [0.25, 0.3) is 0 Å². The monoisotopic (exact) mass is 358 g/mol. The van der Waals surface area contributed by atoms with Crippen molar-refractivity contribution in [2.75, 3.05) is 0 Å². The molecule has 3 aromatic rings. The Hall–Kier alpha value is -2.61. The molecule has 1 aliphatic rings. The molecule has 0 aromatic heterocycles. The summed E-state index contributed by atoms with van der Waals surface area (Å²) in [6, 6.07) is 20.1. The summed E-state index contributed by atoms with van der Waals surface area (Å²) in [6.45, 7) is 4.36. The quantitative estimate of drug-likeness (QED) is 0.386. The molecule has 0 radical (unpaired) electrons. The smallest absolute Gasteiger partial charge is 0.343 e. The molecule has 0 amide bonds. The molecule has 138 valence electrons. The largest absolute Gasteiger partial charge is 0.423 e. The van der Waals surface area contributed by atoms with Crippen LogP contribution >= 0.6 is 0 Å². The molecule has 0 aliphatic heterocycles. The highest BCUT2D eigenvalue weighted by Gasteiger charge is 2.19. The minimum atomic E-state index is -0.317. The van der Waals surface area contributed by atoms with Crippen molar-refractivity contribution >= 4 is 16.7 Å². The number of fused-ring (bicyclic) bond motifs is 1. The topological polar surface area (TPSA) is 26.3 Å². The first-order valence-corrected chi connectivity index (χ1v) is 9.91. The lowest BCUT2D eigenvalue weighted by atomic mass is 9.79. The molecule has 0 spiro atoms. The van der Waals surface area contributed by atoms with Crippen LogP contribution in [0.3, 0.4) is 0 Å². The summed E-state index contributed by atoms with van der Waals surface area (Å²) < 4.78 is 5.57. The molecular weight excluding hydrogens is 332 g/mol. The summed E-state index contributed by atoms with van der Waals surface area (Å²) in [7, 11) is 0. The number of ether oxygens (including phenoxy) is 1. The third kappa shape index (κ3) is 4.05. The fourth-order valence-corrected chi connectivity index (χ4v) is 4.01. The van der Waals surface area contributed by atoms with Crippen molar-refractivity contribution in [1.29, 1.82) is 0 Å². The molecular formula is C25H26O2. The van der Waals surface area contributed by atoms with Crippen LogP contribution in [0.4, 0.5) is 0 Å². The van der Waals surface area contributed by atoms with Crippen LogP contribution in [0, 0.1) is 12.8 Å². The molecule has 0 saturated heterocycles. The van der Waals surface area contributed by atoms with E-state index in [1.807, 2.05) is 31.2 Å². The number of hydrogen-bond acceptors (Lipinski definition) is 2. The Balaban J connectivity index is 1.51. The second kappa shape index (κ2) is 7.56. The van der Waals surface area contributed by atoms with Crippen molar-refractivity contribution in [3.05, 3.63) is 77.4 Å². The van der Waals surface area contributed by atoms with Crippen molar-refractivity contribution in [1.82, 2.24) is 0 Å². The van der Waals surface area contributed by atoms with Crippen LogP contribution in [0.2, 0.25) is 0 Å². The summed E-state index contributed by atoms with van der Waals surface area (Å²) >= 11 is 0. The number of carbonyl (C=O) groups excluding carboxylic acids is 1. The van der Waals surface area contributed by atoms with Crippen molar-refractivity contribution in [3.8, 4) is 5.75 Å². The second-order valence-corrected chi connectivity index (χ2v) is 7.98. The Kier molecular flexibility index (Phi) is 4.98. The zero-order valence-electron chi connectivity index (χ0n) is 16.1. The Morgan fingerprint density at radius 3 is 2.26 bits per heavy atom. The maximum absolute atomic E-state index is 12.3. The highest BCUT2D eigenvalue weighted by Crippen LogP contribution is 2.36. The molecule has 3 aromatic carbocycles. The fraction of sp³-hybridized carbons (Fsp3) is 0.320. The van der Waals surface area contributed by atoms with Gasteiger partial charge in [-0.3, -0.25) is 0 Å². The lowest BCUT2D eigenvalue weighted by Crippen LogP contribution is -2.10. The van der Waals surface area contributed by atoms with Gasteiger partial charge in [-0.2, -0.15) is 0 Å². The molecule has 0 heterocycles. The van der Waals surface area contributed by atoms with Gasteiger partial charge >= 0.3 is 5.97 Å². The standard InChI is InChI=1S/C25H26O2/c1-17-3-7-19(8-4-17)21-11-12-23-16-24(14-13-22(23)15-21)27-25(26)20-9-5-18(2)6-10-20/h5-6,9-17,19H,3-4,7-8H2,1-2H3. The van der Waals surface area contributed by atoms with Gasteiger partial charge in [-0.1, -0.05) is 61.7 Å². The molecule has 1 aliphatic carbocycles. The minimum absolute atomic E-state index is 0.317. The van der Waals surface area contributed by atoms with Crippen molar-refractivity contribution < 1.29 is 9.53 Å². The first-order valence-electron chi connectivity index (χ1n) is 9.91.